The molecule has 0 bridgehead atoms. The van der Waals surface area contributed by atoms with Gasteiger partial charge >= 0.3 is 0 Å². The molecule has 3 rings (SSSR count). The molecule has 0 saturated carbocycles. The maximum Gasteiger partial charge on any atom is 0.270 e. The van der Waals surface area contributed by atoms with E-state index in [1.807, 2.05) is 18.2 Å². The van der Waals surface area contributed by atoms with Crippen molar-refractivity contribution in [2.75, 3.05) is 26.1 Å². The number of hydrogen-bond acceptors (Lipinski definition) is 6. The molecule has 1 aromatic heterocycles. The standard InChI is InChI=1S/C22H22ClN3O4S/c1-29-18-8-5-15(11-19(18)30-2)9-10-24-21(28)17-13-31-22(25-17)26-20(27)12-14-3-6-16(23)7-4-14/h3-8,11,13H,9-10,12H2,1-2H3,(H,24,28)(H,25,26,27). The molecule has 9 heteroatoms. The summed E-state index contributed by atoms with van der Waals surface area (Å²) in [5, 5.41) is 8.16. The van der Waals surface area contributed by atoms with Crippen LogP contribution in [0.2, 0.25) is 5.02 Å². The van der Waals surface area contributed by atoms with Crippen LogP contribution in [0, 0.1) is 0 Å². The molecule has 0 radical (unpaired) electrons. The Labute approximate surface area is 189 Å². The highest BCUT2D eigenvalue weighted by molar-refractivity contribution is 7.14. The largest absolute Gasteiger partial charge is 0.493 e. The third kappa shape index (κ3) is 6.44. The van der Waals surface area contributed by atoms with Gasteiger partial charge in [0.2, 0.25) is 5.91 Å². The summed E-state index contributed by atoms with van der Waals surface area (Å²) in [5.74, 6) is 0.792. The van der Waals surface area contributed by atoms with E-state index in [-0.39, 0.29) is 23.9 Å². The molecule has 3 aromatic rings. The molecule has 2 aromatic carbocycles. The number of nitrogens with one attached hydrogen (secondary N) is 2. The van der Waals surface area contributed by atoms with E-state index >= 15 is 0 Å². The lowest BCUT2D eigenvalue weighted by Crippen LogP contribution is -2.26. The topological polar surface area (TPSA) is 89.6 Å². The van der Waals surface area contributed by atoms with E-state index < -0.39 is 0 Å². The van der Waals surface area contributed by atoms with E-state index in [1.165, 1.54) is 11.3 Å². The van der Waals surface area contributed by atoms with Crippen LogP contribution in [-0.4, -0.2) is 37.6 Å². The molecule has 2 amide bonds. The van der Waals surface area contributed by atoms with E-state index in [2.05, 4.69) is 15.6 Å². The third-order valence-electron chi connectivity index (χ3n) is 4.41. The smallest absolute Gasteiger partial charge is 0.270 e. The minimum atomic E-state index is -0.296. The van der Waals surface area contributed by atoms with E-state index in [4.69, 9.17) is 21.1 Å². The van der Waals surface area contributed by atoms with Crippen molar-refractivity contribution < 1.29 is 19.1 Å². The molecule has 0 fully saturated rings. The van der Waals surface area contributed by atoms with Gasteiger partial charge in [0.25, 0.3) is 5.91 Å². The molecule has 0 unspecified atom stereocenters. The third-order valence-corrected chi connectivity index (χ3v) is 5.42. The van der Waals surface area contributed by atoms with Gasteiger partial charge in [-0.3, -0.25) is 9.59 Å². The number of aromatic nitrogens is 1. The Hall–Kier alpha value is -3.10. The average Bonchev–Trinajstić information content (AvgIpc) is 3.23. The molecule has 2 N–H and O–H groups in total. The summed E-state index contributed by atoms with van der Waals surface area (Å²) in [6, 6.07) is 12.7. The molecule has 162 valence electrons. The van der Waals surface area contributed by atoms with Crippen LogP contribution in [0.4, 0.5) is 5.13 Å². The van der Waals surface area contributed by atoms with Gasteiger partial charge in [-0.1, -0.05) is 29.8 Å². The molecule has 0 aliphatic heterocycles. The monoisotopic (exact) mass is 459 g/mol. The minimum Gasteiger partial charge on any atom is -0.493 e. The fourth-order valence-corrected chi connectivity index (χ4v) is 3.67. The zero-order valence-corrected chi connectivity index (χ0v) is 18.7. The van der Waals surface area contributed by atoms with Gasteiger partial charge in [0.1, 0.15) is 5.69 Å². The maximum atomic E-state index is 12.3. The number of anilines is 1. The van der Waals surface area contributed by atoms with Crippen LogP contribution in [-0.2, 0) is 17.6 Å². The average molecular weight is 460 g/mol. The van der Waals surface area contributed by atoms with Gasteiger partial charge in [-0.25, -0.2) is 4.98 Å². The van der Waals surface area contributed by atoms with Gasteiger partial charge in [-0.15, -0.1) is 11.3 Å². The summed E-state index contributed by atoms with van der Waals surface area (Å²) >= 11 is 7.05. The lowest BCUT2D eigenvalue weighted by molar-refractivity contribution is -0.115. The molecule has 7 nitrogen and oxygen atoms in total. The summed E-state index contributed by atoms with van der Waals surface area (Å²) < 4.78 is 10.5. The number of hydrogen-bond donors (Lipinski definition) is 2. The van der Waals surface area contributed by atoms with Gasteiger partial charge in [-0.05, 0) is 41.8 Å². The number of methoxy groups -OCH3 is 2. The first kappa shape index (κ1) is 22.6. The van der Waals surface area contributed by atoms with Crippen LogP contribution < -0.4 is 20.1 Å². The van der Waals surface area contributed by atoms with Crippen LogP contribution in [0.1, 0.15) is 21.6 Å². The number of nitrogens with zero attached hydrogens (tertiary/aromatic N) is 1. The summed E-state index contributed by atoms with van der Waals surface area (Å²) in [7, 11) is 3.16. The van der Waals surface area contributed by atoms with Crippen molar-refractivity contribution >= 4 is 39.9 Å². The minimum absolute atomic E-state index is 0.198. The Morgan fingerprint density at radius 1 is 1.03 bits per heavy atom. The molecule has 0 atom stereocenters. The predicted molar refractivity (Wildman–Crippen MR) is 121 cm³/mol. The van der Waals surface area contributed by atoms with Gasteiger partial charge in [-0.2, -0.15) is 0 Å². The van der Waals surface area contributed by atoms with Crippen molar-refractivity contribution in [1.82, 2.24) is 10.3 Å². The first-order valence-electron chi connectivity index (χ1n) is 9.47. The molecule has 31 heavy (non-hydrogen) atoms. The number of carbonyl (C=O) groups excluding carboxylic acids is 2. The molecular weight excluding hydrogens is 438 g/mol. The normalized spacial score (nSPS) is 10.4. The number of halogens is 1. The summed E-state index contributed by atoms with van der Waals surface area (Å²) in [5.41, 5.74) is 2.11. The van der Waals surface area contributed by atoms with E-state index in [1.54, 1.807) is 43.9 Å². The van der Waals surface area contributed by atoms with Gasteiger partial charge in [0.05, 0.1) is 20.6 Å². The molecule has 0 saturated heterocycles. The second-order valence-electron chi connectivity index (χ2n) is 6.58. The van der Waals surface area contributed by atoms with Crippen molar-refractivity contribution in [3.63, 3.8) is 0 Å². The number of thiazole rings is 1. The maximum absolute atomic E-state index is 12.3. The highest BCUT2D eigenvalue weighted by atomic mass is 35.5. The number of rotatable bonds is 9. The predicted octanol–water partition coefficient (Wildman–Crippen LogP) is 3.97. The Morgan fingerprint density at radius 3 is 2.45 bits per heavy atom. The van der Waals surface area contributed by atoms with Crippen LogP contribution >= 0.6 is 22.9 Å². The zero-order chi connectivity index (χ0) is 22.2. The van der Waals surface area contributed by atoms with Crippen LogP contribution in [0.5, 0.6) is 11.5 Å². The number of amides is 2. The Bertz CT molecular complexity index is 1050. The van der Waals surface area contributed by atoms with Crippen LogP contribution in [0.15, 0.2) is 47.8 Å². The SMILES string of the molecule is COc1ccc(CCNC(=O)c2csc(NC(=O)Cc3ccc(Cl)cc3)n2)cc1OC. The zero-order valence-electron chi connectivity index (χ0n) is 17.1. The quantitative estimate of drug-likeness (QED) is 0.505. The lowest BCUT2D eigenvalue weighted by atomic mass is 10.1. The van der Waals surface area contributed by atoms with Crippen molar-refractivity contribution in [3.05, 3.63) is 69.7 Å². The summed E-state index contributed by atoms with van der Waals surface area (Å²) in [6.07, 6.45) is 0.824. The van der Waals surface area contributed by atoms with Crippen molar-refractivity contribution in [3.8, 4) is 11.5 Å². The molecule has 0 spiro atoms. The Morgan fingerprint density at radius 2 is 1.74 bits per heavy atom. The van der Waals surface area contributed by atoms with E-state index in [0.717, 1.165) is 11.1 Å². The van der Waals surface area contributed by atoms with E-state index in [0.29, 0.717) is 34.6 Å². The fourth-order valence-electron chi connectivity index (χ4n) is 2.83. The fraction of sp³-hybridized carbons (Fsp3) is 0.227. The Kier molecular flexibility index (Phi) is 7.86. The van der Waals surface area contributed by atoms with E-state index in [9.17, 15) is 9.59 Å². The first-order valence-corrected chi connectivity index (χ1v) is 10.7. The Balaban J connectivity index is 1.48. The van der Waals surface area contributed by atoms with Crippen molar-refractivity contribution in [1.29, 1.82) is 0 Å². The summed E-state index contributed by atoms with van der Waals surface area (Å²) in [4.78, 5) is 28.7. The van der Waals surface area contributed by atoms with Crippen LogP contribution in [0.3, 0.4) is 0 Å². The van der Waals surface area contributed by atoms with Crippen LogP contribution in [0.25, 0.3) is 0 Å². The van der Waals surface area contributed by atoms with Gasteiger partial charge < -0.3 is 20.1 Å². The molecular formula is C22H22ClN3O4S. The molecule has 0 aliphatic rings. The number of carbonyl (C=O) groups is 2. The van der Waals surface area contributed by atoms with Crippen molar-refractivity contribution in [2.24, 2.45) is 0 Å². The molecule has 0 aliphatic carbocycles. The first-order chi connectivity index (χ1) is 15.0. The summed E-state index contributed by atoms with van der Waals surface area (Å²) in [6.45, 7) is 0.435. The number of benzene rings is 2. The van der Waals surface area contributed by atoms with Gasteiger partial charge in [0, 0.05) is 16.9 Å². The second kappa shape index (κ2) is 10.8. The van der Waals surface area contributed by atoms with Crippen molar-refractivity contribution in [2.45, 2.75) is 12.8 Å². The second-order valence-corrected chi connectivity index (χ2v) is 7.88. The molecule has 1 heterocycles. The highest BCUT2D eigenvalue weighted by Gasteiger charge is 2.13. The number of ether oxygens (including phenoxy) is 2. The van der Waals surface area contributed by atoms with Gasteiger partial charge in [0.15, 0.2) is 16.6 Å². The highest BCUT2D eigenvalue weighted by Crippen LogP contribution is 2.27. The lowest BCUT2D eigenvalue weighted by Gasteiger charge is -2.09.